The smallest absolute Gasteiger partial charge is 0.266 e. The minimum Gasteiger partial charge on any atom is -0.325 e. The van der Waals surface area contributed by atoms with Gasteiger partial charge in [-0.1, -0.05) is 30.0 Å². The average Bonchev–Trinajstić information content (AvgIpc) is 2.74. The number of carbonyl (C=O) groups excluding carboxylic acids is 1. The van der Waals surface area contributed by atoms with E-state index in [9.17, 15) is 18.4 Å². The maximum atomic E-state index is 13.4. The van der Waals surface area contributed by atoms with E-state index in [1.165, 1.54) is 10.6 Å². The van der Waals surface area contributed by atoms with E-state index in [1.807, 2.05) is 32.0 Å². The second-order valence-corrected chi connectivity index (χ2v) is 8.31. The Balaban J connectivity index is 1.68. The Kier molecular flexibility index (Phi) is 6.05. The molecule has 0 atom stereocenters. The van der Waals surface area contributed by atoms with E-state index >= 15 is 0 Å². The van der Waals surface area contributed by atoms with Crippen LogP contribution in [0.1, 0.15) is 11.1 Å². The monoisotopic (exact) mass is 451 g/mol. The molecule has 0 saturated carbocycles. The molecule has 0 fully saturated rings. The van der Waals surface area contributed by atoms with E-state index in [4.69, 9.17) is 0 Å². The zero-order valence-corrected chi connectivity index (χ0v) is 18.2. The fourth-order valence-corrected chi connectivity index (χ4v) is 4.23. The lowest BCUT2D eigenvalue weighted by Gasteiger charge is -2.14. The highest BCUT2D eigenvalue weighted by Crippen LogP contribution is 2.23. The van der Waals surface area contributed by atoms with Crippen molar-refractivity contribution < 1.29 is 13.6 Å². The van der Waals surface area contributed by atoms with E-state index in [0.29, 0.717) is 21.7 Å². The molecular weight excluding hydrogens is 432 g/mol. The third-order valence-corrected chi connectivity index (χ3v) is 5.68. The van der Waals surface area contributed by atoms with Crippen molar-refractivity contribution in [2.45, 2.75) is 19.0 Å². The van der Waals surface area contributed by atoms with E-state index in [2.05, 4.69) is 10.3 Å². The molecule has 0 unspecified atom stereocenters. The quantitative estimate of drug-likeness (QED) is 0.342. The molecule has 0 radical (unpaired) electrons. The molecule has 8 heteroatoms. The van der Waals surface area contributed by atoms with Gasteiger partial charge >= 0.3 is 0 Å². The number of rotatable bonds is 5. The largest absolute Gasteiger partial charge is 0.325 e. The Labute approximate surface area is 187 Å². The first-order chi connectivity index (χ1) is 15.3. The Morgan fingerprint density at radius 1 is 1.00 bits per heavy atom. The molecule has 3 aromatic carbocycles. The molecule has 0 spiro atoms. The van der Waals surface area contributed by atoms with Gasteiger partial charge in [-0.3, -0.25) is 14.2 Å². The molecule has 1 aromatic heterocycles. The Morgan fingerprint density at radius 3 is 2.44 bits per heavy atom. The lowest BCUT2D eigenvalue weighted by molar-refractivity contribution is -0.113. The number of halogens is 2. The molecule has 0 aliphatic heterocycles. The second-order valence-electron chi connectivity index (χ2n) is 7.36. The summed E-state index contributed by atoms with van der Waals surface area (Å²) in [5, 5.41) is 3.36. The van der Waals surface area contributed by atoms with Crippen molar-refractivity contribution in [1.29, 1.82) is 0 Å². The molecular formula is C24H19F2N3O2S. The standard InChI is InChI=1S/C24H19F2N3O2S/c1-14-9-15(2)11-17(10-14)29-23(31)18-5-3-4-6-21(18)28-24(29)32-13-22(30)27-16-7-8-19(25)20(26)12-16/h3-12H,13H2,1-2H3,(H,27,30). The van der Waals surface area contributed by atoms with Crippen molar-refractivity contribution in [3.05, 3.63) is 93.8 Å². The highest BCUT2D eigenvalue weighted by atomic mass is 32.2. The fraction of sp³-hybridized carbons (Fsp3) is 0.125. The summed E-state index contributed by atoms with van der Waals surface area (Å²) >= 11 is 1.09. The van der Waals surface area contributed by atoms with Crippen LogP contribution in [-0.2, 0) is 4.79 Å². The van der Waals surface area contributed by atoms with Gasteiger partial charge in [-0.25, -0.2) is 13.8 Å². The minimum atomic E-state index is -1.05. The number of thioether (sulfide) groups is 1. The molecule has 162 valence electrons. The van der Waals surface area contributed by atoms with Gasteiger partial charge in [-0.05, 0) is 61.4 Å². The van der Waals surface area contributed by atoms with Crippen molar-refractivity contribution in [2.24, 2.45) is 0 Å². The third kappa shape index (κ3) is 4.55. The van der Waals surface area contributed by atoms with Crippen molar-refractivity contribution in [2.75, 3.05) is 11.1 Å². The fourth-order valence-electron chi connectivity index (χ4n) is 3.42. The number of para-hydroxylation sites is 1. The summed E-state index contributed by atoms with van der Waals surface area (Å²) in [7, 11) is 0. The van der Waals surface area contributed by atoms with Crippen LogP contribution in [0.3, 0.4) is 0 Å². The van der Waals surface area contributed by atoms with Crippen LogP contribution in [0.25, 0.3) is 16.6 Å². The van der Waals surface area contributed by atoms with Crippen LogP contribution in [0.2, 0.25) is 0 Å². The molecule has 1 amide bonds. The van der Waals surface area contributed by atoms with E-state index in [0.717, 1.165) is 35.0 Å². The summed E-state index contributed by atoms with van der Waals surface area (Å²) in [6.07, 6.45) is 0. The van der Waals surface area contributed by atoms with Gasteiger partial charge in [-0.2, -0.15) is 0 Å². The molecule has 4 aromatic rings. The summed E-state index contributed by atoms with van der Waals surface area (Å²) in [6.45, 7) is 3.89. The molecule has 0 saturated heterocycles. The highest BCUT2D eigenvalue weighted by molar-refractivity contribution is 7.99. The van der Waals surface area contributed by atoms with Gasteiger partial charge in [0.2, 0.25) is 5.91 Å². The minimum absolute atomic E-state index is 0.0748. The van der Waals surface area contributed by atoms with Gasteiger partial charge in [0.15, 0.2) is 16.8 Å². The lowest BCUT2D eigenvalue weighted by atomic mass is 10.1. The number of fused-ring (bicyclic) bond motifs is 1. The molecule has 0 aliphatic rings. The number of carbonyl (C=O) groups is 1. The number of hydrogen-bond acceptors (Lipinski definition) is 4. The van der Waals surface area contributed by atoms with Gasteiger partial charge in [0, 0.05) is 11.8 Å². The number of nitrogens with one attached hydrogen (secondary N) is 1. The van der Waals surface area contributed by atoms with E-state index in [-0.39, 0.29) is 17.0 Å². The van der Waals surface area contributed by atoms with Crippen LogP contribution in [0.5, 0.6) is 0 Å². The maximum absolute atomic E-state index is 13.4. The van der Waals surface area contributed by atoms with Crippen LogP contribution in [0, 0.1) is 25.5 Å². The first-order valence-corrected chi connectivity index (χ1v) is 10.8. The lowest BCUT2D eigenvalue weighted by Crippen LogP contribution is -2.23. The molecule has 32 heavy (non-hydrogen) atoms. The molecule has 0 bridgehead atoms. The van der Waals surface area contributed by atoms with Gasteiger partial charge < -0.3 is 5.32 Å². The van der Waals surface area contributed by atoms with E-state index in [1.54, 1.807) is 24.3 Å². The Bertz CT molecular complexity index is 1380. The zero-order chi connectivity index (χ0) is 22.8. The van der Waals surface area contributed by atoms with Gasteiger partial charge in [0.1, 0.15) is 0 Å². The topological polar surface area (TPSA) is 64.0 Å². The van der Waals surface area contributed by atoms with Crippen molar-refractivity contribution in [3.8, 4) is 5.69 Å². The average molecular weight is 451 g/mol. The summed E-state index contributed by atoms with van der Waals surface area (Å²) in [4.78, 5) is 30.3. The van der Waals surface area contributed by atoms with Crippen LogP contribution in [0.4, 0.5) is 14.5 Å². The number of nitrogens with zero attached hydrogens (tertiary/aromatic N) is 2. The predicted molar refractivity (Wildman–Crippen MR) is 123 cm³/mol. The summed E-state index contributed by atoms with van der Waals surface area (Å²) in [5.41, 5.74) is 3.09. The number of amides is 1. The van der Waals surface area contributed by atoms with Gasteiger partial charge in [-0.15, -0.1) is 0 Å². The normalized spacial score (nSPS) is 11.0. The van der Waals surface area contributed by atoms with Gasteiger partial charge in [0.25, 0.3) is 5.56 Å². The molecule has 1 heterocycles. The van der Waals surface area contributed by atoms with E-state index < -0.39 is 17.5 Å². The van der Waals surface area contributed by atoms with Crippen LogP contribution >= 0.6 is 11.8 Å². The Morgan fingerprint density at radius 2 is 1.72 bits per heavy atom. The van der Waals surface area contributed by atoms with Gasteiger partial charge in [0.05, 0.1) is 22.3 Å². The summed E-state index contributed by atoms with van der Waals surface area (Å²) in [6, 6.07) is 15.9. The highest BCUT2D eigenvalue weighted by Gasteiger charge is 2.16. The second kappa shape index (κ2) is 8.92. The van der Waals surface area contributed by atoms with Crippen molar-refractivity contribution >= 4 is 34.3 Å². The maximum Gasteiger partial charge on any atom is 0.266 e. The summed E-state index contributed by atoms with van der Waals surface area (Å²) < 4.78 is 28.0. The molecule has 4 rings (SSSR count). The molecule has 0 aliphatic carbocycles. The van der Waals surface area contributed by atoms with Crippen LogP contribution < -0.4 is 10.9 Å². The van der Waals surface area contributed by atoms with Crippen molar-refractivity contribution in [3.63, 3.8) is 0 Å². The Hall–Kier alpha value is -3.52. The molecule has 1 N–H and O–H groups in total. The summed E-state index contributed by atoms with van der Waals surface area (Å²) in [5.74, 6) is -2.55. The number of aryl methyl sites for hydroxylation is 2. The van der Waals surface area contributed by atoms with Crippen LogP contribution in [0.15, 0.2) is 70.6 Å². The number of benzene rings is 3. The first kappa shape index (κ1) is 21.7. The van der Waals surface area contributed by atoms with Crippen LogP contribution in [-0.4, -0.2) is 21.2 Å². The van der Waals surface area contributed by atoms with Crippen molar-refractivity contribution in [1.82, 2.24) is 9.55 Å². The molecule has 5 nitrogen and oxygen atoms in total. The number of anilines is 1. The number of aromatic nitrogens is 2. The predicted octanol–water partition coefficient (Wildman–Crippen LogP) is 5.01. The third-order valence-electron chi connectivity index (χ3n) is 4.75. The first-order valence-electron chi connectivity index (χ1n) is 9.80. The SMILES string of the molecule is Cc1cc(C)cc(-n2c(SCC(=O)Nc3ccc(F)c(F)c3)nc3ccccc3c2=O)c1. The number of hydrogen-bond donors (Lipinski definition) is 1. The zero-order valence-electron chi connectivity index (χ0n) is 17.4.